The normalized spacial score (nSPS) is 10.8. The molecule has 2 rings (SSSR count). The van der Waals surface area contributed by atoms with Gasteiger partial charge < -0.3 is 11.1 Å². The van der Waals surface area contributed by atoms with Crippen molar-refractivity contribution in [2.24, 2.45) is 0 Å². The lowest BCUT2D eigenvalue weighted by molar-refractivity contribution is 0.0957. The van der Waals surface area contributed by atoms with Crippen LogP contribution in [-0.4, -0.2) is 24.5 Å². The maximum absolute atomic E-state index is 12.1. The first-order chi connectivity index (χ1) is 9.70. The Morgan fingerprint density at radius 2 is 2.15 bits per heavy atom. The highest BCUT2D eigenvalue weighted by molar-refractivity contribution is 7.98. The van der Waals surface area contributed by atoms with Crippen molar-refractivity contribution in [2.45, 2.75) is 19.3 Å². The molecular weight excluding hydrogens is 288 g/mol. The van der Waals surface area contributed by atoms with Crippen LogP contribution >= 0.6 is 23.1 Å². The molecule has 0 aliphatic rings. The number of nitrogen functional groups attached to an aromatic ring is 1. The van der Waals surface area contributed by atoms with E-state index in [-0.39, 0.29) is 5.91 Å². The topological polar surface area (TPSA) is 55.1 Å². The van der Waals surface area contributed by atoms with Gasteiger partial charge in [-0.05, 0) is 54.5 Å². The summed E-state index contributed by atoms with van der Waals surface area (Å²) in [5.74, 6) is 1.22. The van der Waals surface area contributed by atoms with E-state index in [1.54, 1.807) is 0 Å². The van der Waals surface area contributed by atoms with Crippen LogP contribution in [0.25, 0.3) is 10.1 Å². The standard InChI is InChI=1S/C15H20N2OS2/c1-19-8-4-2-3-7-17-15(18)14-10-11-9-12(16)5-6-13(11)20-14/h5-6,9-10H,2-4,7-8,16H2,1H3,(H,17,18). The van der Waals surface area contributed by atoms with Gasteiger partial charge in [0.05, 0.1) is 4.88 Å². The number of hydrogen-bond acceptors (Lipinski definition) is 4. The third kappa shape index (κ3) is 4.15. The molecular formula is C15H20N2OS2. The summed E-state index contributed by atoms with van der Waals surface area (Å²) < 4.78 is 1.10. The average Bonchev–Trinajstić information content (AvgIpc) is 2.85. The average molecular weight is 308 g/mol. The zero-order chi connectivity index (χ0) is 14.4. The van der Waals surface area contributed by atoms with E-state index in [9.17, 15) is 4.79 Å². The first-order valence-corrected chi connectivity index (χ1v) is 8.98. The van der Waals surface area contributed by atoms with Crippen LogP contribution < -0.4 is 11.1 Å². The second-order valence-electron chi connectivity index (χ2n) is 4.72. The van der Waals surface area contributed by atoms with E-state index >= 15 is 0 Å². The molecule has 3 N–H and O–H groups in total. The van der Waals surface area contributed by atoms with Crippen molar-refractivity contribution < 1.29 is 4.79 Å². The van der Waals surface area contributed by atoms with Crippen LogP contribution in [-0.2, 0) is 0 Å². The van der Waals surface area contributed by atoms with Gasteiger partial charge in [0.15, 0.2) is 0 Å². The number of anilines is 1. The van der Waals surface area contributed by atoms with E-state index in [1.807, 2.05) is 36.0 Å². The van der Waals surface area contributed by atoms with Gasteiger partial charge in [-0.25, -0.2) is 0 Å². The van der Waals surface area contributed by atoms with Gasteiger partial charge in [-0.2, -0.15) is 11.8 Å². The Hall–Kier alpha value is -1.20. The smallest absolute Gasteiger partial charge is 0.261 e. The molecule has 0 fully saturated rings. The molecule has 5 heteroatoms. The largest absolute Gasteiger partial charge is 0.399 e. The van der Waals surface area contributed by atoms with Crippen molar-refractivity contribution in [1.82, 2.24) is 5.32 Å². The lowest BCUT2D eigenvalue weighted by Gasteiger charge is -2.02. The SMILES string of the molecule is CSCCCCCNC(=O)c1cc2cc(N)ccc2s1. The third-order valence-electron chi connectivity index (χ3n) is 3.07. The molecule has 0 radical (unpaired) electrons. The van der Waals surface area contributed by atoms with Crippen LogP contribution in [0.3, 0.4) is 0 Å². The summed E-state index contributed by atoms with van der Waals surface area (Å²) in [4.78, 5) is 12.8. The van der Waals surface area contributed by atoms with Crippen LogP contribution in [0.5, 0.6) is 0 Å². The fraction of sp³-hybridized carbons (Fsp3) is 0.400. The molecule has 0 aliphatic heterocycles. The highest BCUT2D eigenvalue weighted by atomic mass is 32.2. The summed E-state index contributed by atoms with van der Waals surface area (Å²) in [5.41, 5.74) is 6.48. The Bertz CT molecular complexity index is 580. The zero-order valence-electron chi connectivity index (χ0n) is 11.6. The van der Waals surface area contributed by atoms with Crippen molar-refractivity contribution in [2.75, 3.05) is 24.3 Å². The zero-order valence-corrected chi connectivity index (χ0v) is 13.3. The van der Waals surface area contributed by atoms with E-state index in [1.165, 1.54) is 29.9 Å². The molecule has 1 aromatic carbocycles. The molecule has 108 valence electrons. The fourth-order valence-electron chi connectivity index (χ4n) is 2.01. The van der Waals surface area contributed by atoms with Crippen LogP contribution in [0, 0.1) is 0 Å². The number of carbonyl (C=O) groups is 1. The van der Waals surface area contributed by atoms with Gasteiger partial charge in [0.1, 0.15) is 0 Å². The van der Waals surface area contributed by atoms with Gasteiger partial charge in [0.25, 0.3) is 5.91 Å². The minimum Gasteiger partial charge on any atom is -0.399 e. The number of nitrogens with two attached hydrogens (primary N) is 1. The summed E-state index contributed by atoms with van der Waals surface area (Å²) in [7, 11) is 0. The molecule has 0 atom stereocenters. The van der Waals surface area contributed by atoms with Crippen LogP contribution in [0.4, 0.5) is 5.69 Å². The molecule has 3 nitrogen and oxygen atoms in total. The second-order valence-corrected chi connectivity index (χ2v) is 6.79. The fourth-order valence-corrected chi connectivity index (χ4v) is 3.46. The van der Waals surface area contributed by atoms with Gasteiger partial charge in [-0.1, -0.05) is 6.42 Å². The van der Waals surface area contributed by atoms with Crippen LogP contribution in [0.15, 0.2) is 24.3 Å². The van der Waals surface area contributed by atoms with Gasteiger partial charge in [0.2, 0.25) is 0 Å². The van der Waals surface area contributed by atoms with Crippen LogP contribution in [0.1, 0.15) is 28.9 Å². The number of amides is 1. The van der Waals surface area contributed by atoms with Crippen molar-refractivity contribution in [3.63, 3.8) is 0 Å². The van der Waals surface area contributed by atoms with Crippen molar-refractivity contribution in [3.05, 3.63) is 29.1 Å². The van der Waals surface area contributed by atoms with Crippen molar-refractivity contribution >= 4 is 44.8 Å². The van der Waals surface area contributed by atoms with E-state index < -0.39 is 0 Å². The van der Waals surface area contributed by atoms with E-state index in [0.717, 1.165) is 33.6 Å². The molecule has 2 aromatic rings. The summed E-state index contributed by atoms with van der Waals surface area (Å²) >= 11 is 3.39. The van der Waals surface area contributed by atoms with E-state index in [0.29, 0.717) is 0 Å². The number of fused-ring (bicyclic) bond motifs is 1. The van der Waals surface area contributed by atoms with Crippen molar-refractivity contribution in [3.8, 4) is 0 Å². The van der Waals surface area contributed by atoms with Gasteiger partial charge in [-0.3, -0.25) is 4.79 Å². The molecule has 20 heavy (non-hydrogen) atoms. The molecule has 0 spiro atoms. The van der Waals surface area contributed by atoms with Gasteiger partial charge >= 0.3 is 0 Å². The number of hydrogen-bond donors (Lipinski definition) is 2. The first-order valence-electron chi connectivity index (χ1n) is 6.77. The van der Waals surface area contributed by atoms with Gasteiger partial charge in [-0.15, -0.1) is 11.3 Å². The monoisotopic (exact) mass is 308 g/mol. The Kier molecular flexibility index (Phi) is 5.73. The predicted molar refractivity (Wildman–Crippen MR) is 90.8 cm³/mol. The number of carbonyl (C=O) groups excluding carboxylic acids is 1. The minimum atomic E-state index is 0.0228. The Labute approximate surface area is 127 Å². The summed E-state index contributed by atoms with van der Waals surface area (Å²) in [5, 5.41) is 4.03. The van der Waals surface area contributed by atoms with Crippen LogP contribution in [0.2, 0.25) is 0 Å². The Balaban J connectivity index is 1.85. The lowest BCUT2D eigenvalue weighted by atomic mass is 10.2. The lowest BCUT2D eigenvalue weighted by Crippen LogP contribution is -2.23. The van der Waals surface area contributed by atoms with E-state index in [4.69, 9.17) is 5.73 Å². The predicted octanol–water partition coefficient (Wildman–Crippen LogP) is 3.75. The Morgan fingerprint density at radius 1 is 1.30 bits per heavy atom. The summed E-state index contributed by atoms with van der Waals surface area (Å²) in [6.07, 6.45) is 5.56. The number of rotatable bonds is 7. The molecule has 0 unspecified atom stereocenters. The third-order valence-corrected chi connectivity index (χ3v) is 4.89. The Morgan fingerprint density at radius 3 is 2.95 bits per heavy atom. The molecule has 0 saturated carbocycles. The highest BCUT2D eigenvalue weighted by Gasteiger charge is 2.09. The maximum Gasteiger partial charge on any atom is 0.261 e. The molecule has 1 amide bonds. The number of benzene rings is 1. The quantitative estimate of drug-likeness (QED) is 0.605. The molecule has 0 bridgehead atoms. The number of thiophene rings is 1. The molecule has 0 aliphatic carbocycles. The maximum atomic E-state index is 12.1. The summed E-state index contributed by atoms with van der Waals surface area (Å²) in [6, 6.07) is 7.66. The van der Waals surface area contributed by atoms with E-state index in [2.05, 4.69) is 11.6 Å². The first kappa shape index (κ1) is 15.2. The molecule has 0 saturated heterocycles. The number of nitrogens with one attached hydrogen (secondary N) is 1. The number of thioether (sulfide) groups is 1. The van der Waals surface area contributed by atoms with Crippen molar-refractivity contribution in [1.29, 1.82) is 0 Å². The molecule has 1 aromatic heterocycles. The number of unbranched alkanes of at least 4 members (excludes halogenated alkanes) is 2. The summed E-state index contributed by atoms with van der Waals surface area (Å²) in [6.45, 7) is 0.754. The van der Waals surface area contributed by atoms with Gasteiger partial charge in [0, 0.05) is 16.9 Å². The molecule has 1 heterocycles. The minimum absolute atomic E-state index is 0.0228. The second kappa shape index (κ2) is 7.55. The highest BCUT2D eigenvalue weighted by Crippen LogP contribution is 2.27.